The average Bonchev–Trinajstić information content (AvgIpc) is 2.41. The Balaban J connectivity index is 2.02. The van der Waals surface area contributed by atoms with Crippen molar-refractivity contribution >= 4 is 11.6 Å². The van der Waals surface area contributed by atoms with E-state index < -0.39 is 5.82 Å². The van der Waals surface area contributed by atoms with Crippen LogP contribution in [0.25, 0.3) is 0 Å². The van der Waals surface area contributed by atoms with Gasteiger partial charge in [0.25, 0.3) is 0 Å². The molecule has 0 N–H and O–H groups in total. The molecule has 0 unspecified atom stereocenters. The summed E-state index contributed by atoms with van der Waals surface area (Å²) in [4.78, 5) is 0. The third-order valence-corrected chi connectivity index (χ3v) is 2.67. The summed E-state index contributed by atoms with van der Waals surface area (Å²) in [5, 5.41) is 8.70. The van der Waals surface area contributed by atoms with Gasteiger partial charge in [0.1, 0.15) is 18.2 Å². The molecule has 0 saturated carbocycles. The molecule has 2 rings (SSSR count). The number of hydrogen-bond acceptors (Lipinski definition) is 2. The minimum absolute atomic E-state index is 0.0346. The molecule has 0 atom stereocenters. The predicted octanol–water partition coefficient (Wildman–Crippen LogP) is 3.93. The smallest absolute Gasteiger partial charge is 0.142 e. The standard InChI is InChI=1S/C14H9ClFNO/c15-13-7-12(5-6-14(13)16)18-9-11-3-1-10(8-17)2-4-11/h1-7H,9H2. The van der Waals surface area contributed by atoms with Gasteiger partial charge in [-0.1, -0.05) is 23.7 Å². The quantitative estimate of drug-likeness (QED) is 0.839. The molecular weight excluding hydrogens is 253 g/mol. The van der Waals surface area contributed by atoms with Crippen LogP contribution in [0.3, 0.4) is 0 Å². The van der Waals surface area contributed by atoms with E-state index in [2.05, 4.69) is 0 Å². The van der Waals surface area contributed by atoms with E-state index in [-0.39, 0.29) is 5.02 Å². The molecular formula is C14H9ClFNO. The van der Waals surface area contributed by atoms with Crippen molar-refractivity contribution in [2.75, 3.05) is 0 Å². The van der Waals surface area contributed by atoms with Crippen molar-refractivity contribution in [2.45, 2.75) is 6.61 Å². The average molecular weight is 262 g/mol. The Bertz CT molecular complexity index is 590. The van der Waals surface area contributed by atoms with Gasteiger partial charge >= 0.3 is 0 Å². The molecule has 18 heavy (non-hydrogen) atoms. The summed E-state index contributed by atoms with van der Waals surface area (Å²) in [5.41, 5.74) is 1.53. The second-order valence-electron chi connectivity index (χ2n) is 3.67. The molecule has 2 aromatic rings. The minimum Gasteiger partial charge on any atom is -0.489 e. The van der Waals surface area contributed by atoms with Crippen molar-refractivity contribution < 1.29 is 9.13 Å². The van der Waals surface area contributed by atoms with E-state index >= 15 is 0 Å². The summed E-state index contributed by atoms with van der Waals surface area (Å²) in [6, 6.07) is 13.3. The van der Waals surface area contributed by atoms with Crippen LogP contribution in [0.5, 0.6) is 5.75 Å². The Morgan fingerprint density at radius 1 is 1.17 bits per heavy atom. The highest BCUT2D eigenvalue weighted by Gasteiger charge is 2.02. The van der Waals surface area contributed by atoms with Gasteiger partial charge in [-0.25, -0.2) is 4.39 Å². The van der Waals surface area contributed by atoms with Crippen LogP contribution >= 0.6 is 11.6 Å². The van der Waals surface area contributed by atoms with Crippen molar-refractivity contribution in [2.24, 2.45) is 0 Å². The monoisotopic (exact) mass is 261 g/mol. The summed E-state index contributed by atoms with van der Waals surface area (Å²) in [6.07, 6.45) is 0. The van der Waals surface area contributed by atoms with Crippen LogP contribution in [0.2, 0.25) is 5.02 Å². The molecule has 0 aliphatic heterocycles. The van der Waals surface area contributed by atoms with Crippen molar-refractivity contribution in [1.82, 2.24) is 0 Å². The third kappa shape index (κ3) is 2.99. The molecule has 4 heteroatoms. The second-order valence-corrected chi connectivity index (χ2v) is 4.08. The highest BCUT2D eigenvalue weighted by molar-refractivity contribution is 6.30. The highest BCUT2D eigenvalue weighted by Crippen LogP contribution is 2.21. The van der Waals surface area contributed by atoms with Crippen LogP contribution in [-0.2, 0) is 6.61 Å². The van der Waals surface area contributed by atoms with Crippen LogP contribution < -0.4 is 4.74 Å². The van der Waals surface area contributed by atoms with E-state index in [1.54, 1.807) is 12.1 Å². The lowest BCUT2D eigenvalue weighted by Crippen LogP contribution is -1.95. The van der Waals surface area contributed by atoms with Gasteiger partial charge in [-0.2, -0.15) is 5.26 Å². The maximum absolute atomic E-state index is 12.9. The van der Waals surface area contributed by atoms with Crippen molar-refractivity contribution in [1.29, 1.82) is 5.26 Å². The summed E-state index contributed by atoms with van der Waals surface area (Å²) >= 11 is 5.64. The molecule has 2 aromatic carbocycles. The molecule has 0 aliphatic carbocycles. The number of nitrogens with zero attached hydrogens (tertiary/aromatic N) is 1. The molecule has 0 aliphatic rings. The summed E-state index contributed by atoms with van der Waals surface area (Å²) in [5.74, 6) is 0.0353. The molecule has 0 radical (unpaired) electrons. The maximum Gasteiger partial charge on any atom is 0.142 e. The zero-order valence-electron chi connectivity index (χ0n) is 9.36. The summed E-state index contributed by atoms with van der Waals surface area (Å²) in [6.45, 7) is 0.341. The van der Waals surface area contributed by atoms with Gasteiger partial charge in [0.05, 0.1) is 16.7 Å². The first-order valence-electron chi connectivity index (χ1n) is 5.26. The fourth-order valence-corrected chi connectivity index (χ4v) is 1.58. The molecule has 0 saturated heterocycles. The summed E-state index contributed by atoms with van der Waals surface area (Å²) in [7, 11) is 0. The van der Waals surface area contributed by atoms with Crippen LogP contribution in [0.4, 0.5) is 4.39 Å². The van der Waals surface area contributed by atoms with E-state index in [9.17, 15) is 4.39 Å². The number of nitriles is 1. The lowest BCUT2D eigenvalue weighted by atomic mass is 10.2. The van der Waals surface area contributed by atoms with Crippen molar-refractivity contribution in [3.63, 3.8) is 0 Å². The normalized spacial score (nSPS) is 9.83. The Morgan fingerprint density at radius 3 is 2.50 bits per heavy atom. The van der Waals surface area contributed by atoms with Gasteiger partial charge in [0, 0.05) is 6.07 Å². The lowest BCUT2D eigenvalue weighted by Gasteiger charge is -2.06. The van der Waals surface area contributed by atoms with E-state index in [1.165, 1.54) is 18.2 Å². The topological polar surface area (TPSA) is 33.0 Å². The zero-order valence-corrected chi connectivity index (χ0v) is 10.1. The molecule has 2 nitrogen and oxygen atoms in total. The van der Waals surface area contributed by atoms with Gasteiger partial charge < -0.3 is 4.74 Å². The number of halogens is 2. The van der Waals surface area contributed by atoms with Gasteiger partial charge in [0.2, 0.25) is 0 Å². The van der Waals surface area contributed by atoms with Crippen LogP contribution in [-0.4, -0.2) is 0 Å². The third-order valence-electron chi connectivity index (χ3n) is 2.38. The minimum atomic E-state index is -0.470. The van der Waals surface area contributed by atoms with E-state index in [4.69, 9.17) is 21.6 Å². The summed E-state index contributed by atoms with van der Waals surface area (Å²) < 4.78 is 18.4. The first-order chi connectivity index (χ1) is 8.69. The van der Waals surface area contributed by atoms with E-state index in [0.717, 1.165) is 5.56 Å². The molecule has 90 valence electrons. The molecule has 0 spiro atoms. The number of benzene rings is 2. The molecule has 0 heterocycles. The van der Waals surface area contributed by atoms with Crippen LogP contribution in [0.1, 0.15) is 11.1 Å². The number of hydrogen-bond donors (Lipinski definition) is 0. The highest BCUT2D eigenvalue weighted by atomic mass is 35.5. The molecule has 0 bridgehead atoms. The molecule has 0 fully saturated rings. The van der Waals surface area contributed by atoms with Crippen LogP contribution in [0, 0.1) is 17.1 Å². The van der Waals surface area contributed by atoms with Crippen molar-refractivity contribution in [3.8, 4) is 11.8 Å². The number of ether oxygens (including phenoxy) is 1. The number of rotatable bonds is 3. The van der Waals surface area contributed by atoms with Gasteiger partial charge in [-0.05, 0) is 29.8 Å². The molecule has 0 aromatic heterocycles. The fraction of sp³-hybridized carbons (Fsp3) is 0.0714. The Labute approximate surface area is 109 Å². The van der Waals surface area contributed by atoms with Gasteiger partial charge in [-0.15, -0.1) is 0 Å². The van der Waals surface area contributed by atoms with Gasteiger partial charge in [0.15, 0.2) is 0 Å². The van der Waals surface area contributed by atoms with Gasteiger partial charge in [-0.3, -0.25) is 0 Å². The Morgan fingerprint density at radius 2 is 1.89 bits per heavy atom. The second kappa shape index (κ2) is 5.52. The zero-order chi connectivity index (χ0) is 13.0. The lowest BCUT2D eigenvalue weighted by molar-refractivity contribution is 0.306. The first kappa shape index (κ1) is 12.4. The van der Waals surface area contributed by atoms with E-state index in [1.807, 2.05) is 18.2 Å². The Kier molecular flexibility index (Phi) is 3.81. The SMILES string of the molecule is N#Cc1ccc(COc2ccc(F)c(Cl)c2)cc1. The van der Waals surface area contributed by atoms with Crippen molar-refractivity contribution in [3.05, 3.63) is 64.4 Å². The largest absolute Gasteiger partial charge is 0.489 e. The van der Waals surface area contributed by atoms with E-state index in [0.29, 0.717) is 17.9 Å². The maximum atomic E-state index is 12.9. The molecule has 0 amide bonds. The van der Waals surface area contributed by atoms with Crippen LogP contribution in [0.15, 0.2) is 42.5 Å². The predicted molar refractivity (Wildman–Crippen MR) is 66.9 cm³/mol. The fourth-order valence-electron chi connectivity index (χ4n) is 1.41. The Hall–Kier alpha value is -2.05. The first-order valence-corrected chi connectivity index (χ1v) is 5.64.